The maximum Gasteiger partial charge on any atom is 0.128 e. The van der Waals surface area contributed by atoms with Crippen LogP contribution in [0.3, 0.4) is 0 Å². The molecule has 102 valence electrons. The molecule has 1 rings (SSSR count). The van der Waals surface area contributed by atoms with Crippen molar-refractivity contribution in [2.75, 3.05) is 33.4 Å². The summed E-state index contributed by atoms with van der Waals surface area (Å²) >= 11 is 5.90. The minimum atomic E-state index is -0.280. The van der Waals surface area contributed by atoms with Crippen molar-refractivity contribution in [3.05, 3.63) is 34.6 Å². The molecule has 0 heterocycles. The lowest BCUT2D eigenvalue weighted by atomic mass is 10.1. The standard InChI is InChI=1S/C13H20ClFN2O/c1-3-18-7-6-17(2)13(9-16)11-8-10(14)4-5-12(11)15/h4-5,8,13H,3,6-7,9,16H2,1-2H3. The van der Waals surface area contributed by atoms with Gasteiger partial charge in [0.2, 0.25) is 0 Å². The van der Waals surface area contributed by atoms with Crippen molar-refractivity contribution in [2.24, 2.45) is 5.73 Å². The number of likely N-dealkylation sites (N-methyl/N-ethyl adjacent to an activating group) is 1. The number of hydrogen-bond acceptors (Lipinski definition) is 3. The number of rotatable bonds is 7. The second-order valence-electron chi connectivity index (χ2n) is 4.09. The van der Waals surface area contributed by atoms with Gasteiger partial charge >= 0.3 is 0 Å². The molecule has 2 N–H and O–H groups in total. The summed E-state index contributed by atoms with van der Waals surface area (Å²) < 4.78 is 19.1. The average molecular weight is 275 g/mol. The van der Waals surface area contributed by atoms with Gasteiger partial charge in [-0.2, -0.15) is 0 Å². The molecule has 0 amide bonds. The molecule has 1 unspecified atom stereocenters. The maximum atomic E-state index is 13.8. The van der Waals surface area contributed by atoms with E-state index in [1.54, 1.807) is 6.07 Å². The number of nitrogens with zero attached hydrogens (tertiary/aromatic N) is 1. The van der Waals surface area contributed by atoms with Crippen molar-refractivity contribution in [3.8, 4) is 0 Å². The van der Waals surface area contributed by atoms with Crippen molar-refractivity contribution < 1.29 is 9.13 Å². The van der Waals surface area contributed by atoms with E-state index in [1.807, 2.05) is 18.9 Å². The molecule has 1 aromatic rings. The molecule has 0 aliphatic rings. The van der Waals surface area contributed by atoms with Crippen molar-refractivity contribution in [3.63, 3.8) is 0 Å². The Bertz CT molecular complexity index is 376. The minimum absolute atomic E-state index is 0.191. The van der Waals surface area contributed by atoms with Crippen LogP contribution in [-0.2, 0) is 4.74 Å². The molecular weight excluding hydrogens is 255 g/mol. The summed E-state index contributed by atoms with van der Waals surface area (Å²) in [6, 6.07) is 4.35. The molecular formula is C13H20ClFN2O. The molecule has 0 bridgehead atoms. The van der Waals surface area contributed by atoms with Gasteiger partial charge in [0.25, 0.3) is 0 Å². The van der Waals surface area contributed by atoms with Gasteiger partial charge in [0, 0.05) is 36.3 Å². The zero-order valence-corrected chi connectivity index (χ0v) is 11.6. The van der Waals surface area contributed by atoms with Gasteiger partial charge in [-0.05, 0) is 32.2 Å². The Kier molecular flexibility index (Phi) is 6.57. The van der Waals surface area contributed by atoms with Crippen LogP contribution in [-0.4, -0.2) is 38.3 Å². The molecule has 0 aromatic heterocycles. The van der Waals surface area contributed by atoms with Crippen LogP contribution in [0.2, 0.25) is 5.02 Å². The predicted molar refractivity (Wildman–Crippen MR) is 72.3 cm³/mol. The van der Waals surface area contributed by atoms with E-state index in [1.165, 1.54) is 12.1 Å². The summed E-state index contributed by atoms with van der Waals surface area (Å²) in [5, 5.41) is 0.517. The summed E-state index contributed by atoms with van der Waals surface area (Å²) in [5.74, 6) is -0.280. The highest BCUT2D eigenvalue weighted by molar-refractivity contribution is 6.30. The molecule has 0 aliphatic carbocycles. The molecule has 1 aromatic carbocycles. The molecule has 5 heteroatoms. The van der Waals surface area contributed by atoms with E-state index < -0.39 is 0 Å². The Balaban J connectivity index is 2.78. The fraction of sp³-hybridized carbons (Fsp3) is 0.538. The first-order valence-corrected chi connectivity index (χ1v) is 6.41. The van der Waals surface area contributed by atoms with Gasteiger partial charge in [-0.15, -0.1) is 0 Å². The Morgan fingerprint density at radius 3 is 2.83 bits per heavy atom. The van der Waals surface area contributed by atoms with Crippen LogP contribution in [0.4, 0.5) is 4.39 Å². The zero-order chi connectivity index (χ0) is 13.5. The second kappa shape index (κ2) is 7.69. The van der Waals surface area contributed by atoms with E-state index in [2.05, 4.69) is 0 Å². The van der Waals surface area contributed by atoms with E-state index in [-0.39, 0.29) is 11.9 Å². The van der Waals surface area contributed by atoms with Crippen molar-refractivity contribution in [1.82, 2.24) is 4.90 Å². The van der Waals surface area contributed by atoms with Gasteiger partial charge in [0.15, 0.2) is 0 Å². The van der Waals surface area contributed by atoms with Crippen LogP contribution < -0.4 is 5.73 Å². The van der Waals surface area contributed by atoms with Crippen molar-refractivity contribution in [2.45, 2.75) is 13.0 Å². The maximum absolute atomic E-state index is 13.8. The summed E-state index contributed by atoms with van der Waals surface area (Å²) in [7, 11) is 1.90. The fourth-order valence-corrected chi connectivity index (χ4v) is 2.00. The predicted octanol–water partition coefficient (Wildman–Crippen LogP) is 2.45. The Hall–Kier alpha value is -0.680. The van der Waals surface area contributed by atoms with Crippen LogP contribution >= 0.6 is 11.6 Å². The van der Waals surface area contributed by atoms with Crippen LogP contribution in [0.25, 0.3) is 0 Å². The minimum Gasteiger partial charge on any atom is -0.380 e. The molecule has 0 spiro atoms. The molecule has 0 saturated heterocycles. The van der Waals surface area contributed by atoms with Crippen molar-refractivity contribution >= 4 is 11.6 Å². The summed E-state index contributed by atoms with van der Waals surface area (Å²) in [6.45, 7) is 4.25. The van der Waals surface area contributed by atoms with Crippen molar-refractivity contribution in [1.29, 1.82) is 0 Å². The summed E-state index contributed by atoms with van der Waals surface area (Å²) in [6.07, 6.45) is 0. The molecule has 18 heavy (non-hydrogen) atoms. The highest BCUT2D eigenvalue weighted by atomic mass is 35.5. The van der Waals surface area contributed by atoms with E-state index in [0.717, 1.165) is 0 Å². The van der Waals surface area contributed by atoms with E-state index in [0.29, 0.717) is 36.9 Å². The highest BCUT2D eigenvalue weighted by Crippen LogP contribution is 2.24. The first kappa shape index (κ1) is 15.4. The molecule has 0 saturated carbocycles. The van der Waals surface area contributed by atoms with Crippen LogP contribution in [0.5, 0.6) is 0 Å². The number of hydrogen-bond donors (Lipinski definition) is 1. The number of ether oxygens (including phenoxy) is 1. The summed E-state index contributed by atoms with van der Waals surface area (Å²) in [4.78, 5) is 1.98. The van der Waals surface area contributed by atoms with Gasteiger partial charge in [0.1, 0.15) is 5.82 Å². The Labute approximate surface area is 113 Å². The van der Waals surface area contributed by atoms with Crippen LogP contribution in [0.15, 0.2) is 18.2 Å². The smallest absolute Gasteiger partial charge is 0.128 e. The fourth-order valence-electron chi connectivity index (χ4n) is 1.82. The average Bonchev–Trinajstić information content (AvgIpc) is 2.35. The Morgan fingerprint density at radius 2 is 2.22 bits per heavy atom. The lowest BCUT2D eigenvalue weighted by molar-refractivity contribution is 0.108. The number of benzene rings is 1. The topological polar surface area (TPSA) is 38.5 Å². The van der Waals surface area contributed by atoms with Gasteiger partial charge in [0.05, 0.1) is 6.61 Å². The van der Waals surface area contributed by atoms with E-state index in [9.17, 15) is 4.39 Å². The largest absolute Gasteiger partial charge is 0.380 e. The third-order valence-electron chi connectivity index (χ3n) is 2.86. The SMILES string of the molecule is CCOCCN(C)C(CN)c1cc(Cl)ccc1F. The first-order valence-electron chi connectivity index (χ1n) is 6.03. The third kappa shape index (κ3) is 4.21. The van der Waals surface area contributed by atoms with Gasteiger partial charge < -0.3 is 10.5 Å². The molecule has 0 aliphatic heterocycles. The molecule has 0 radical (unpaired) electrons. The zero-order valence-electron chi connectivity index (χ0n) is 10.8. The number of halogens is 2. The van der Waals surface area contributed by atoms with Gasteiger partial charge in [-0.25, -0.2) is 4.39 Å². The lowest BCUT2D eigenvalue weighted by Gasteiger charge is -2.27. The Morgan fingerprint density at radius 1 is 1.50 bits per heavy atom. The van der Waals surface area contributed by atoms with Gasteiger partial charge in [-0.1, -0.05) is 11.6 Å². The van der Waals surface area contributed by atoms with Gasteiger partial charge in [-0.3, -0.25) is 4.90 Å². The normalized spacial score (nSPS) is 13.0. The highest BCUT2D eigenvalue weighted by Gasteiger charge is 2.19. The second-order valence-corrected chi connectivity index (χ2v) is 4.53. The number of nitrogens with two attached hydrogens (primary N) is 1. The van der Waals surface area contributed by atoms with Crippen LogP contribution in [0, 0.1) is 5.82 Å². The third-order valence-corrected chi connectivity index (χ3v) is 3.10. The first-order chi connectivity index (χ1) is 8.60. The van der Waals surface area contributed by atoms with E-state index >= 15 is 0 Å². The van der Waals surface area contributed by atoms with Crippen LogP contribution in [0.1, 0.15) is 18.5 Å². The monoisotopic (exact) mass is 274 g/mol. The lowest BCUT2D eigenvalue weighted by Crippen LogP contribution is -2.33. The quantitative estimate of drug-likeness (QED) is 0.776. The molecule has 3 nitrogen and oxygen atoms in total. The molecule has 1 atom stereocenters. The summed E-state index contributed by atoms with van der Waals surface area (Å²) in [5.41, 5.74) is 6.27. The molecule has 0 fully saturated rings. The van der Waals surface area contributed by atoms with E-state index in [4.69, 9.17) is 22.1 Å².